The lowest BCUT2D eigenvalue weighted by atomic mass is 9.85. The molecule has 1 aromatic carbocycles. The molecule has 1 fully saturated rings. The highest BCUT2D eigenvalue weighted by molar-refractivity contribution is 5.85. The van der Waals surface area contributed by atoms with E-state index in [0.29, 0.717) is 19.6 Å². The highest BCUT2D eigenvalue weighted by Crippen LogP contribution is 2.35. The zero-order valence-corrected chi connectivity index (χ0v) is 12.5. The van der Waals surface area contributed by atoms with Gasteiger partial charge in [0.1, 0.15) is 11.5 Å². The van der Waals surface area contributed by atoms with Crippen molar-refractivity contribution < 1.29 is 14.3 Å². The third-order valence-corrected chi connectivity index (χ3v) is 4.20. The van der Waals surface area contributed by atoms with E-state index in [2.05, 4.69) is 0 Å². The van der Waals surface area contributed by atoms with Gasteiger partial charge in [0.15, 0.2) is 0 Å². The van der Waals surface area contributed by atoms with Gasteiger partial charge in [0.25, 0.3) is 0 Å². The molecule has 1 amide bonds. The van der Waals surface area contributed by atoms with E-state index < -0.39 is 11.4 Å². The molecule has 2 unspecified atom stereocenters. The fourth-order valence-electron chi connectivity index (χ4n) is 2.95. The molecule has 21 heavy (non-hydrogen) atoms. The molecule has 0 bridgehead atoms. The van der Waals surface area contributed by atoms with E-state index in [-0.39, 0.29) is 5.92 Å². The van der Waals surface area contributed by atoms with Crippen LogP contribution >= 0.6 is 0 Å². The average Bonchev–Trinajstić information content (AvgIpc) is 2.84. The van der Waals surface area contributed by atoms with E-state index in [1.807, 2.05) is 31.2 Å². The van der Waals surface area contributed by atoms with E-state index in [0.717, 1.165) is 30.8 Å². The molecule has 0 spiro atoms. The number of ether oxygens (including phenoxy) is 2. The van der Waals surface area contributed by atoms with Crippen molar-refractivity contribution in [3.63, 3.8) is 0 Å². The van der Waals surface area contributed by atoms with Gasteiger partial charge in [0.2, 0.25) is 5.91 Å². The topological polar surface area (TPSA) is 87.6 Å². The van der Waals surface area contributed by atoms with Gasteiger partial charge in [-0.3, -0.25) is 4.79 Å². The number of amides is 1. The van der Waals surface area contributed by atoms with Crippen LogP contribution in [0, 0.1) is 5.92 Å². The van der Waals surface area contributed by atoms with Gasteiger partial charge in [-0.2, -0.15) is 0 Å². The largest absolute Gasteiger partial charge is 0.494 e. The standard InChI is InChI=1S/C16H24N2O3/c1-2-20-13-5-7-14(8-6-13)21-11-9-12-4-3-10-16(12,18)15(17)19/h5-8,12H,2-4,9-11,18H2,1H3,(H2,17,19). The summed E-state index contributed by atoms with van der Waals surface area (Å²) in [6.45, 7) is 3.13. The zero-order valence-electron chi connectivity index (χ0n) is 12.5. The Kier molecular flexibility index (Phi) is 5.07. The van der Waals surface area contributed by atoms with Crippen molar-refractivity contribution in [2.24, 2.45) is 17.4 Å². The molecule has 116 valence electrons. The molecule has 1 aliphatic carbocycles. The van der Waals surface area contributed by atoms with E-state index >= 15 is 0 Å². The number of benzene rings is 1. The van der Waals surface area contributed by atoms with Gasteiger partial charge in [-0.15, -0.1) is 0 Å². The maximum absolute atomic E-state index is 11.5. The Labute approximate surface area is 125 Å². The molecule has 5 nitrogen and oxygen atoms in total. The predicted molar refractivity (Wildman–Crippen MR) is 81.2 cm³/mol. The second-order valence-electron chi connectivity index (χ2n) is 5.54. The van der Waals surface area contributed by atoms with Crippen molar-refractivity contribution in [2.45, 2.75) is 38.1 Å². The van der Waals surface area contributed by atoms with Gasteiger partial charge in [-0.1, -0.05) is 6.42 Å². The van der Waals surface area contributed by atoms with Crippen LogP contribution in [-0.2, 0) is 4.79 Å². The fraction of sp³-hybridized carbons (Fsp3) is 0.562. The van der Waals surface area contributed by atoms with Crippen LogP contribution < -0.4 is 20.9 Å². The minimum atomic E-state index is -0.859. The molecule has 4 N–H and O–H groups in total. The summed E-state index contributed by atoms with van der Waals surface area (Å²) in [6, 6.07) is 7.52. The molecule has 0 aromatic heterocycles. The molecule has 2 rings (SSSR count). The second kappa shape index (κ2) is 6.80. The number of rotatable bonds is 7. The van der Waals surface area contributed by atoms with Crippen LogP contribution in [0.25, 0.3) is 0 Å². The van der Waals surface area contributed by atoms with Crippen LogP contribution in [0.1, 0.15) is 32.6 Å². The summed E-state index contributed by atoms with van der Waals surface area (Å²) in [5.74, 6) is 1.33. The van der Waals surface area contributed by atoms with Crippen molar-refractivity contribution in [2.75, 3.05) is 13.2 Å². The number of nitrogens with two attached hydrogens (primary N) is 2. The minimum absolute atomic E-state index is 0.109. The van der Waals surface area contributed by atoms with E-state index in [9.17, 15) is 4.79 Å². The number of primary amides is 1. The monoisotopic (exact) mass is 292 g/mol. The van der Waals surface area contributed by atoms with Crippen LogP contribution in [0.3, 0.4) is 0 Å². The van der Waals surface area contributed by atoms with Crippen molar-refractivity contribution in [3.05, 3.63) is 24.3 Å². The normalized spacial score (nSPS) is 24.8. The summed E-state index contributed by atoms with van der Waals surface area (Å²) in [4.78, 5) is 11.5. The Morgan fingerprint density at radius 3 is 2.48 bits per heavy atom. The Bertz CT molecular complexity index is 475. The van der Waals surface area contributed by atoms with Crippen molar-refractivity contribution in [1.29, 1.82) is 0 Å². The summed E-state index contributed by atoms with van der Waals surface area (Å²) in [6.07, 6.45) is 3.31. The van der Waals surface area contributed by atoms with Crippen LogP contribution in [0.4, 0.5) is 0 Å². The molecule has 5 heteroatoms. The van der Waals surface area contributed by atoms with Gasteiger partial charge in [0.05, 0.1) is 18.8 Å². The highest BCUT2D eigenvalue weighted by atomic mass is 16.5. The quantitative estimate of drug-likeness (QED) is 0.802. The Balaban J connectivity index is 1.82. The van der Waals surface area contributed by atoms with Crippen LogP contribution in [0.15, 0.2) is 24.3 Å². The summed E-state index contributed by atoms with van der Waals surface area (Å²) < 4.78 is 11.1. The molecule has 0 aliphatic heterocycles. The summed E-state index contributed by atoms with van der Waals surface area (Å²) in [7, 11) is 0. The van der Waals surface area contributed by atoms with Gasteiger partial charge >= 0.3 is 0 Å². The molecular formula is C16H24N2O3. The molecule has 0 heterocycles. The van der Waals surface area contributed by atoms with Crippen LogP contribution in [0.5, 0.6) is 11.5 Å². The third kappa shape index (κ3) is 3.67. The molecule has 0 saturated heterocycles. The van der Waals surface area contributed by atoms with E-state index in [4.69, 9.17) is 20.9 Å². The molecule has 0 radical (unpaired) electrons. The predicted octanol–water partition coefficient (Wildman–Crippen LogP) is 1.84. The van der Waals surface area contributed by atoms with Crippen LogP contribution in [0.2, 0.25) is 0 Å². The minimum Gasteiger partial charge on any atom is -0.494 e. The molecule has 2 atom stereocenters. The van der Waals surface area contributed by atoms with Crippen molar-refractivity contribution in [3.8, 4) is 11.5 Å². The van der Waals surface area contributed by atoms with Gasteiger partial charge < -0.3 is 20.9 Å². The summed E-state index contributed by atoms with van der Waals surface area (Å²) in [5, 5.41) is 0. The number of carbonyl (C=O) groups excluding carboxylic acids is 1. The van der Waals surface area contributed by atoms with Gasteiger partial charge in [-0.25, -0.2) is 0 Å². The number of hydrogen-bond acceptors (Lipinski definition) is 4. The van der Waals surface area contributed by atoms with E-state index in [1.54, 1.807) is 0 Å². The third-order valence-electron chi connectivity index (χ3n) is 4.20. The smallest absolute Gasteiger partial charge is 0.237 e. The second-order valence-corrected chi connectivity index (χ2v) is 5.54. The lowest BCUT2D eigenvalue weighted by molar-refractivity contribution is -0.124. The zero-order chi connectivity index (χ0) is 15.3. The fourth-order valence-corrected chi connectivity index (χ4v) is 2.95. The van der Waals surface area contributed by atoms with Gasteiger partial charge in [-0.05, 0) is 56.4 Å². The van der Waals surface area contributed by atoms with Gasteiger partial charge in [0, 0.05) is 0 Å². The number of carbonyl (C=O) groups is 1. The molecule has 1 aliphatic rings. The summed E-state index contributed by atoms with van der Waals surface area (Å²) in [5.41, 5.74) is 10.7. The Hall–Kier alpha value is -1.75. The lowest BCUT2D eigenvalue weighted by Crippen LogP contribution is -2.54. The number of hydrogen-bond donors (Lipinski definition) is 2. The molecule has 1 saturated carbocycles. The Morgan fingerprint density at radius 1 is 1.29 bits per heavy atom. The van der Waals surface area contributed by atoms with E-state index in [1.165, 1.54) is 0 Å². The Morgan fingerprint density at radius 2 is 1.90 bits per heavy atom. The summed E-state index contributed by atoms with van der Waals surface area (Å²) >= 11 is 0. The molecule has 1 aromatic rings. The van der Waals surface area contributed by atoms with Crippen LogP contribution in [-0.4, -0.2) is 24.7 Å². The maximum Gasteiger partial charge on any atom is 0.237 e. The first kappa shape index (κ1) is 15.6. The lowest BCUT2D eigenvalue weighted by Gasteiger charge is -2.27. The average molecular weight is 292 g/mol. The first-order valence-electron chi connectivity index (χ1n) is 7.50. The molecular weight excluding hydrogens is 268 g/mol. The highest BCUT2D eigenvalue weighted by Gasteiger charge is 2.43. The maximum atomic E-state index is 11.5. The first-order chi connectivity index (χ1) is 10.1. The van der Waals surface area contributed by atoms with Crippen molar-refractivity contribution >= 4 is 5.91 Å². The SMILES string of the molecule is CCOc1ccc(OCCC2CCCC2(N)C(N)=O)cc1. The first-order valence-corrected chi connectivity index (χ1v) is 7.50. The van der Waals surface area contributed by atoms with Crippen molar-refractivity contribution in [1.82, 2.24) is 0 Å².